The predicted molar refractivity (Wildman–Crippen MR) is 214 cm³/mol. The van der Waals surface area contributed by atoms with Crippen molar-refractivity contribution in [3.63, 3.8) is 0 Å². The molecule has 316 valence electrons. The van der Waals surface area contributed by atoms with Crippen LogP contribution in [0.2, 0.25) is 0 Å². The molecule has 1 aliphatic heterocycles. The number of carbonyl (C=O) groups excluding carboxylic acids is 6. The van der Waals surface area contributed by atoms with Crippen molar-refractivity contribution in [1.82, 2.24) is 0 Å². The number of carbonyl (C=O) groups is 6. The van der Waals surface area contributed by atoms with E-state index in [2.05, 4.69) is 0 Å². The molecule has 3 aromatic rings. The molecule has 1 saturated heterocycles. The Balaban J connectivity index is 1.41. The summed E-state index contributed by atoms with van der Waals surface area (Å²) in [6.45, 7) is 9.62. The van der Waals surface area contributed by atoms with Crippen LogP contribution >= 0.6 is 0 Å². The maximum absolute atomic E-state index is 15.9. The molecular weight excluding hydrogens is 773 g/mol. The quantitative estimate of drug-likeness (QED) is 0.159. The third-order valence-corrected chi connectivity index (χ3v) is 13.1. The normalized spacial score (nSPS) is 31.4. The monoisotopic (exact) mass is 822 g/mol. The minimum atomic E-state index is -2.24. The topological polar surface area (TPSA) is 178 Å². The molecule has 0 amide bonds. The summed E-state index contributed by atoms with van der Waals surface area (Å²) < 4.78 is 36.8. The second-order valence-electron chi connectivity index (χ2n) is 17.1. The van der Waals surface area contributed by atoms with Gasteiger partial charge in [0.25, 0.3) is 0 Å². The third-order valence-electron chi connectivity index (χ3n) is 13.1. The summed E-state index contributed by atoms with van der Waals surface area (Å²) >= 11 is 0. The number of ketones is 1. The lowest BCUT2D eigenvalue weighted by Gasteiger charge is -2.67. The van der Waals surface area contributed by atoms with E-state index in [1.54, 1.807) is 51.1 Å². The van der Waals surface area contributed by atoms with E-state index in [-0.39, 0.29) is 37.0 Å². The number of benzene rings is 3. The zero-order valence-electron chi connectivity index (χ0n) is 34.7. The Morgan fingerprint density at radius 2 is 1.37 bits per heavy atom. The molecule has 7 rings (SSSR count). The molecule has 0 unspecified atom stereocenters. The lowest BCUT2D eigenvalue weighted by Crippen LogP contribution is -2.82. The highest BCUT2D eigenvalue weighted by molar-refractivity contribution is 5.96. The van der Waals surface area contributed by atoms with Gasteiger partial charge in [0.15, 0.2) is 17.5 Å². The average Bonchev–Trinajstić information content (AvgIpc) is 3.19. The van der Waals surface area contributed by atoms with Crippen molar-refractivity contribution in [3.05, 3.63) is 107 Å². The van der Waals surface area contributed by atoms with E-state index in [0.29, 0.717) is 11.1 Å². The number of hydrogen-bond acceptors (Lipinski definition) is 13. The fourth-order valence-electron chi connectivity index (χ4n) is 10.2. The Morgan fingerprint density at radius 1 is 0.767 bits per heavy atom. The van der Waals surface area contributed by atoms with Crippen LogP contribution in [0.4, 0.5) is 0 Å². The smallest absolute Gasteiger partial charge is 0.338 e. The van der Waals surface area contributed by atoms with E-state index in [4.69, 9.17) is 28.4 Å². The van der Waals surface area contributed by atoms with Crippen LogP contribution in [0, 0.1) is 16.7 Å². The zero-order chi connectivity index (χ0) is 43.4. The van der Waals surface area contributed by atoms with Gasteiger partial charge in [0.1, 0.15) is 30.0 Å². The van der Waals surface area contributed by atoms with Crippen molar-refractivity contribution in [1.29, 1.82) is 0 Å². The minimum Gasteiger partial charge on any atom is -0.461 e. The summed E-state index contributed by atoms with van der Waals surface area (Å²) in [5.41, 5.74) is -4.37. The molecule has 13 heteroatoms. The lowest BCUT2D eigenvalue weighted by molar-refractivity contribution is -0.346. The zero-order valence-corrected chi connectivity index (χ0v) is 34.7. The van der Waals surface area contributed by atoms with E-state index >= 15 is 4.79 Å². The molecular formula is C47H50O13. The first-order valence-corrected chi connectivity index (χ1v) is 20.1. The first-order chi connectivity index (χ1) is 28.3. The number of aliphatic hydroxyl groups is 1. The van der Waals surface area contributed by atoms with Crippen LogP contribution in [0.3, 0.4) is 0 Å². The van der Waals surface area contributed by atoms with Gasteiger partial charge in [-0.05, 0) is 53.8 Å². The summed E-state index contributed by atoms with van der Waals surface area (Å²) in [6.07, 6.45) is -7.67. The molecule has 2 saturated carbocycles. The van der Waals surface area contributed by atoms with Crippen LogP contribution in [-0.4, -0.2) is 89.1 Å². The number of esters is 5. The third kappa shape index (κ3) is 7.11. The van der Waals surface area contributed by atoms with Gasteiger partial charge < -0.3 is 33.5 Å². The fourth-order valence-corrected chi connectivity index (χ4v) is 10.2. The van der Waals surface area contributed by atoms with Crippen LogP contribution in [0.5, 0.6) is 0 Å². The van der Waals surface area contributed by atoms with E-state index in [1.165, 1.54) is 32.9 Å². The van der Waals surface area contributed by atoms with Gasteiger partial charge in [0.05, 0.1) is 29.9 Å². The van der Waals surface area contributed by atoms with Crippen LogP contribution < -0.4 is 0 Å². The number of Topliss-reactive ketones (excluding diaryl/α,β-unsaturated/α-hetero) is 1. The average molecular weight is 823 g/mol. The number of rotatable bonds is 9. The SMILES string of the molecule is CC(=O)O[C@H]1C(=O)[C@]2(C)[C@@H](OC(=O)Cc3ccc(-c4ccccc4)cc3)C[C@H]3OC[C@@]3(OC(C)=O)[C@H]2[C@H](OC(=O)c2ccccc2)[C@]2(O)C[C@H](OC(C)=O)C(C)=C1C2(C)C. The molecule has 3 aliphatic carbocycles. The van der Waals surface area contributed by atoms with Gasteiger partial charge in [-0.3, -0.25) is 24.0 Å². The highest BCUT2D eigenvalue weighted by Crippen LogP contribution is 2.65. The van der Waals surface area contributed by atoms with E-state index in [1.807, 2.05) is 42.5 Å². The Labute approximate surface area is 348 Å². The molecule has 3 fully saturated rings. The summed E-state index contributed by atoms with van der Waals surface area (Å²) in [5, 5.41) is 13.6. The van der Waals surface area contributed by atoms with Gasteiger partial charge in [-0.2, -0.15) is 0 Å². The van der Waals surface area contributed by atoms with Crippen molar-refractivity contribution < 1.29 is 62.3 Å². The van der Waals surface area contributed by atoms with E-state index in [9.17, 15) is 29.1 Å². The second-order valence-corrected chi connectivity index (χ2v) is 17.1. The van der Waals surface area contributed by atoms with E-state index in [0.717, 1.165) is 18.1 Å². The summed E-state index contributed by atoms with van der Waals surface area (Å²) in [6, 6.07) is 25.1. The summed E-state index contributed by atoms with van der Waals surface area (Å²) in [7, 11) is 0. The lowest BCUT2D eigenvalue weighted by atomic mass is 9.44. The standard InChI is InChI=1S/C47H50O13/c1-26-34(56-27(2)48)24-47(54)42(59-43(53)33-16-12-9-13-17-33)40-45(7,41(52)39(57-28(3)49)38(26)44(47,5)6)35(23-36-46(40,25-55-36)60-29(4)50)58-37(51)22-30-18-20-32(21-19-30)31-14-10-8-11-15-31/h8-21,34-36,39-40,42,54H,22-25H2,1-7H3/t34-,35-,36+,39+,40-,42-,45+,46-,47+/m0/s1. The number of fused-ring (bicyclic) bond motifs is 5. The van der Waals surface area contributed by atoms with Crippen LogP contribution in [0.1, 0.15) is 77.2 Å². The van der Waals surface area contributed by atoms with Crippen LogP contribution in [-0.2, 0) is 58.8 Å². The number of ether oxygens (including phenoxy) is 6. The van der Waals surface area contributed by atoms with Crippen molar-refractivity contribution in [2.75, 3.05) is 6.61 Å². The Bertz CT molecular complexity index is 2230. The molecule has 4 aliphatic rings. The maximum atomic E-state index is 15.9. The molecule has 13 nitrogen and oxygen atoms in total. The van der Waals surface area contributed by atoms with Crippen molar-refractivity contribution in [2.24, 2.45) is 16.7 Å². The Kier molecular flexibility index (Phi) is 11.1. The minimum absolute atomic E-state index is 0.117. The van der Waals surface area contributed by atoms with Gasteiger partial charge in [-0.1, -0.05) is 86.6 Å². The van der Waals surface area contributed by atoms with Crippen molar-refractivity contribution in [2.45, 2.75) is 109 Å². The molecule has 3 aromatic carbocycles. The molecule has 0 spiro atoms. The fraction of sp³-hybridized carbons (Fsp3) is 0.447. The van der Waals surface area contributed by atoms with Crippen LogP contribution in [0.25, 0.3) is 11.1 Å². The second kappa shape index (κ2) is 15.7. The molecule has 1 N–H and O–H groups in total. The van der Waals surface area contributed by atoms with E-state index < -0.39 is 94.1 Å². The Hall–Kier alpha value is -5.66. The highest BCUT2D eigenvalue weighted by atomic mass is 16.6. The summed E-state index contributed by atoms with van der Waals surface area (Å²) in [5.74, 6) is -6.11. The molecule has 2 bridgehead atoms. The molecule has 9 atom stereocenters. The van der Waals surface area contributed by atoms with Crippen molar-refractivity contribution >= 4 is 35.6 Å². The predicted octanol–water partition coefficient (Wildman–Crippen LogP) is 5.68. The molecule has 0 aromatic heterocycles. The van der Waals surface area contributed by atoms with Crippen molar-refractivity contribution in [3.8, 4) is 11.1 Å². The molecule has 60 heavy (non-hydrogen) atoms. The van der Waals surface area contributed by atoms with Gasteiger partial charge in [0, 0.05) is 39.0 Å². The largest absolute Gasteiger partial charge is 0.461 e. The maximum Gasteiger partial charge on any atom is 0.338 e. The van der Waals surface area contributed by atoms with Gasteiger partial charge in [-0.15, -0.1) is 0 Å². The number of hydrogen-bond donors (Lipinski definition) is 1. The first-order valence-electron chi connectivity index (χ1n) is 20.1. The van der Waals surface area contributed by atoms with Gasteiger partial charge in [-0.25, -0.2) is 4.79 Å². The van der Waals surface area contributed by atoms with Gasteiger partial charge >= 0.3 is 29.8 Å². The summed E-state index contributed by atoms with van der Waals surface area (Å²) in [4.78, 5) is 83.0. The van der Waals surface area contributed by atoms with Gasteiger partial charge in [0.2, 0.25) is 0 Å². The van der Waals surface area contributed by atoms with Crippen LogP contribution in [0.15, 0.2) is 96.1 Å². The molecule has 0 radical (unpaired) electrons. The first kappa shape index (κ1) is 42.5. The Morgan fingerprint density at radius 3 is 1.93 bits per heavy atom. The molecule has 1 heterocycles. The highest BCUT2D eigenvalue weighted by Gasteiger charge is 2.79.